The second-order valence-electron chi connectivity index (χ2n) is 7.87. The Kier molecular flexibility index (Phi) is 5.75. The normalized spacial score (nSPS) is 13.3. The maximum absolute atomic E-state index is 12.9. The van der Waals surface area contributed by atoms with E-state index >= 15 is 0 Å². The van der Waals surface area contributed by atoms with E-state index < -0.39 is 0 Å². The van der Waals surface area contributed by atoms with Crippen LogP contribution >= 0.6 is 0 Å². The topological polar surface area (TPSA) is 37.4 Å². The Bertz CT molecular complexity index is 982. The maximum Gasteiger partial charge on any atom is 0.266 e. The summed E-state index contributed by atoms with van der Waals surface area (Å²) in [5.74, 6) is -0.473. The molecule has 3 heteroatoms. The molecular formula is C26H27NO2. The number of aryl methyl sites for hydroxylation is 1. The van der Waals surface area contributed by atoms with Crippen LogP contribution in [0, 0.1) is 0 Å². The number of fused-ring (bicyclic) bond motifs is 2. The average Bonchev–Trinajstić information content (AvgIpc) is 2.99. The molecule has 3 nitrogen and oxygen atoms in total. The van der Waals surface area contributed by atoms with E-state index in [1.165, 1.54) is 49.0 Å². The maximum atomic E-state index is 12.9. The van der Waals surface area contributed by atoms with Crippen molar-refractivity contribution in [3.63, 3.8) is 0 Å². The first-order valence-electron chi connectivity index (χ1n) is 10.7. The number of imide groups is 1. The number of nitrogens with zero attached hydrogens (tertiary/aromatic N) is 1. The molecule has 148 valence electrons. The summed E-state index contributed by atoms with van der Waals surface area (Å²) >= 11 is 0. The highest BCUT2D eigenvalue weighted by Crippen LogP contribution is 2.31. The Morgan fingerprint density at radius 1 is 0.690 bits per heavy atom. The van der Waals surface area contributed by atoms with E-state index in [9.17, 15) is 9.59 Å². The number of benzene rings is 3. The molecule has 3 aromatic carbocycles. The van der Waals surface area contributed by atoms with Gasteiger partial charge in [0.2, 0.25) is 0 Å². The average molecular weight is 386 g/mol. The lowest BCUT2D eigenvalue weighted by Crippen LogP contribution is -2.29. The number of rotatable bonds is 8. The van der Waals surface area contributed by atoms with Crippen LogP contribution in [0.25, 0.3) is 10.8 Å². The van der Waals surface area contributed by atoms with Crippen LogP contribution in [0.4, 0.5) is 5.69 Å². The third-order valence-corrected chi connectivity index (χ3v) is 5.77. The molecule has 0 spiro atoms. The largest absolute Gasteiger partial charge is 0.268 e. The molecule has 1 aliphatic rings. The highest BCUT2D eigenvalue weighted by Gasteiger charge is 2.36. The summed E-state index contributed by atoms with van der Waals surface area (Å²) in [5, 5.41) is 1.95. The molecule has 4 rings (SSSR count). The molecule has 0 atom stereocenters. The van der Waals surface area contributed by atoms with Gasteiger partial charge in [0.25, 0.3) is 11.8 Å². The van der Waals surface area contributed by atoms with E-state index in [0.717, 1.165) is 17.2 Å². The van der Waals surface area contributed by atoms with Crippen molar-refractivity contribution >= 4 is 28.3 Å². The van der Waals surface area contributed by atoms with Gasteiger partial charge >= 0.3 is 0 Å². The second-order valence-corrected chi connectivity index (χ2v) is 7.87. The Balaban J connectivity index is 1.46. The standard InChI is InChI=1S/C26H27NO2/c1-2-3-4-5-6-7-10-19-13-15-22(16-14-19)27-25(28)23-17-20-11-8-9-12-21(20)18-24(23)26(27)29/h8-9,11-18H,2-7,10H2,1H3. The van der Waals surface area contributed by atoms with Gasteiger partial charge in [-0.3, -0.25) is 9.59 Å². The summed E-state index contributed by atoms with van der Waals surface area (Å²) in [6.07, 6.45) is 8.70. The van der Waals surface area contributed by atoms with Crippen molar-refractivity contribution in [3.8, 4) is 0 Å². The first kappa shape index (κ1) is 19.4. The number of hydrogen-bond acceptors (Lipinski definition) is 2. The van der Waals surface area contributed by atoms with Crippen LogP contribution < -0.4 is 4.90 Å². The molecule has 0 bridgehead atoms. The molecule has 3 aromatic rings. The van der Waals surface area contributed by atoms with Crippen LogP contribution in [0.1, 0.15) is 71.7 Å². The van der Waals surface area contributed by atoms with Crippen LogP contribution in [0.15, 0.2) is 60.7 Å². The van der Waals surface area contributed by atoms with E-state index in [0.29, 0.717) is 16.8 Å². The Labute approximate surface area is 172 Å². The van der Waals surface area contributed by atoms with Gasteiger partial charge in [0.15, 0.2) is 0 Å². The minimum atomic E-state index is -0.237. The van der Waals surface area contributed by atoms with E-state index in [1.807, 2.05) is 60.7 Å². The van der Waals surface area contributed by atoms with E-state index in [-0.39, 0.29) is 11.8 Å². The van der Waals surface area contributed by atoms with Gasteiger partial charge in [0.05, 0.1) is 16.8 Å². The van der Waals surface area contributed by atoms with Gasteiger partial charge < -0.3 is 0 Å². The van der Waals surface area contributed by atoms with Crippen LogP contribution in [0.3, 0.4) is 0 Å². The van der Waals surface area contributed by atoms with Crippen molar-refractivity contribution in [2.75, 3.05) is 4.90 Å². The zero-order valence-corrected chi connectivity index (χ0v) is 17.0. The quantitative estimate of drug-likeness (QED) is 0.326. The van der Waals surface area contributed by atoms with E-state index in [4.69, 9.17) is 0 Å². The number of unbranched alkanes of at least 4 members (excludes halogenated alkanes) is 5. The molecule has 0 N–H and O–H groups in total. The van der Waals surface area contributed by atoms with E-state index in [2.05, 4.69) is 6.92 Å². The molecule has 0 saturated carbocycles. The second kappa shape index (κ2) is 8.60. The lowest BCUT2D eigenvalue weighted by Gasteiger charge is -2.14. The summed E-state index contributed by atoms with van der Waals surface area (Å²) < 4.78 is 0. The molecule has 0 fully saturated rings. The van der Waals surface area contributed by atoms with Crippen molar-refractivity contribution < 1.29 is 9.59 Å². The fourth-order valence-corrected chi connectivity index (χ4v) is 4.08. The predicted molar refractivity (Wildman–Crippen MR) is 119 cm³/mol. The molecule has 0 saturated heterocycles. The first-order valence-corrected chi connectivity index (χ1v) is 10.7. The van der Waals surface area contributed by atoms with Crippen molar-refractivity contribution in [1.29, 1.82) is 0 Å². The van der Waals surface area contributed by atoms with Crippen molar-refractivity contribution in [2.45, 2.75) is 51.9 Å². The van der Waals surface area contributed by atoms with Crippen molar-refractivity contribution in [3.05, 3.63) is 77.4 Å². The van der Waals surface area contributed by atoms with Crippen molar-refractivity contribution in [1.82, 2.24) is 0 Å². The molecule has 29 heavy (non-hydrogen) atoms. The molecule has 2 amide bonds. The highest BCUT2D eigenvalue weighted by atomic mass is 16.2. The Hall–Kier alpha value is -2.94. The van der Waals surface area contributed by atoms with Gasteiger partial charge in [-0.25, -0.2) is 4.90 Å². The third kappa shape index (κ3) is 3.95. The summed E-state index contributed by atoms with van der Waals surface area (Å²) in [5.41, 5.74) is 2.88. The van der Waals surface area contributed by atoms with Gasteiger partial charge in [0, 0.05) is 0 Å². The molecule has 0 aromatic heterocycles. The minimum Gasteiger partial charge on any atom is -0.268 e. The molecule has 0 unspecified atom stereocenters. The molecule has 0 radical (unpaired) electrons. The van der Waals surface area contributed by atoms with Crippen LogP contribution in [-0.2, 0) is 6.42 Å². The lowest BCUT2D eigenvalue weighted by molar-refractivity contribution is 0.0926. The lowest BCUT2D eigenvalue weighted by atomic mass is 10.0. The van der Waals surface area contributed by atoms with Gasteiger partial charge in [-0.05, 0) is 53.4 Å². The number of carbonyl (C=O) groups excluding carboxylic acids is 2. The number of hydrogen-bond donors (Lipinski definition) is 0. The van der Waals surface area contributed by atoms with Crippen molar-refractivity contribution in [2.24, 2.45) is 0 Å². The van der Waals surface area contributed by atoms with Gasteiger partial charge in [0.1, 0.15) is 0 Å². The molecular weight excluding hydrogens is 358 g/mol. The number of anilines is 1. The van der Waals surface area contributed by atoms with Crippen LogP contribution in [0.5, 0.6) is 0 Å². The number of amides is 2. The summed E-state index contributed by atoms with van der Waals surface area (Å²) in [6.45, 7) is 2.23. The van der Waals surface area contributed by atoms with Gasteiger partial charge in [-0.2, -0.15) is 0 Å². The fraction of sp³-hybridized carbons (Fsp3) is 0.308. The summed E-state index contributed by atoms with van der Waals surface area (Å²) in [6, 6.07) is 19.4. The van der Waals surface area contributed by atoms with Gasteiger partial charge in [-0.1, -0.05) is 75.4 Å². The SMILES string of the molecule is CCCCCCCCc1ccc(N2C(=O)c3cc4ccccc4cc3C2=O)cc1. The van der Waals surface area contributed by atoms with Crippen LogP contribution in [-0.4, -0.2) is 11.8 Å². The fourth-order valence-electron chi connectivity index (χ4n) is 4.08. The molecule has 1 heterocycles. The third-order valence-electron chi connectivity index (χ3n) is 5.77. The highest BCUT2D eigenvalue weighted by molar-refractivity contribution is 6.35. The summed E-state index contributed by atoms with van der Waals surface area (Å²) in [4.78, 5) is 27.2. The van der Waals surface area contributed by atoms with Crippen LogP contribution in [0.2, 0.25) is 0 Å². The smallest absolute Gasteiger partial charge is 0.266 e. The van der Waals surface area contributed by atoms with Gasteiger partial charge in [-0.15, -0.1) is 0 Å². The zero-order valence-electron chi connectivity index (χ0n) is 17.0. The zero-order chi connectivity index (χ0) is 20.2. The Morgan fingerprint density at radius 2 is 1.24 bits per heavy atom. The molecule has 1 aliphatic heterocycles. The first-order chi connectivity index (χ1) is 14.2. The number of carbonyl (C=O) groups is 2. The predicted octanol–water partition coefficient (Wildman–Crippen LogP) is 6.54. The Morgan fingerprint density at radius 3 is 1.83 bits per heavy atom. The van der Waals surface area contributed by atoms with E-state index in [1.54, 1.807) is 0 Å². The monoisotopic (exact) mass is 385 g/mol. The molecule has 0 aliphatic carbocycles. The minimum absolute atomic E-state index is 0.237. The summed E-state index contributed by atoms with van der Waals surface area (Å²) in [7, 11) is 0.